The van der Waals surface area contributed by atoms with Gasteiger partial charge in [-0.2, -0.15) is 0 Å². The van der Waals surface area contributed by atoms with E-state index < -0.39 is 0 Å². The van der Waals surface area contributed by atoms with Gasteiger partial charge in [0.25, 0.3) is 0 Å². The van der Waals surface area contributed by atoms with Crippen molar-refractivity contribution in [2.75, 3.05) is 0 Å². The van der Waals surface area contributed by atoms with E-state index in [4.69, 9.17) is 23.2 Å². The number of hydrogen-bond acceptors (Lipinski definition) is 4. The molecule has 0 aliphatic heterocycles. The normalized spacial score (nSPS) is 11.2. The highest BCUT2D eigenvalue weighted by Crippen LogP contribution is 2.25. The van der Waals surface area contributed by atoms with Crippen molar-refractivity contribution < 1.29 is 0 Å². The van der Waals surface area contributed by atoms with E-state index >= 15 is 0 Å². The van der Waals surface area contributed by atoms with Crippen LogP contribution in [0, 0.1) is 0 Å². The van der Waals surface area contributed by atoms with Crippen LogP contribution in [0.3, 0.4) is 0 Å². The predicted octanol–water partition coefficient (Wildman–Crippen LogP) is 4.55. The first-order chi connectivity index (χ1) is 10.7. The molecule has 0 amide bonds. The lowest BCUT2D eigenvalue weighted by atomic mass is 10.1. The lowest BCUT2D eigenvalue weighted by Gasteiger charge is -2.05. The molecule has 0 N–H and O–H groups in total. The van der Waals surface area contributed by atoms with Crippen LogP contribution in [0.4, 0.5) is 0 Å². The molecule has 6 heteroatoms. The largest absolute Gasteiger partial charge is 0.233 e. The molecule has 0 saturated heterocycles. The van der Waals surface area contributed by atoms with Gasteiger partial charge in [0.05, 0.1) is 5.52 Å². The van der Waals surface area contributed by atoms with Gasteiger partial charge in [-0.25, -0.2) is 19.9 Å². The Morgan fingerprint density at radius 1 is 0.727 bits per heavy atom. The smallest absolute Gasteiger partial charge is 0.200 e. The predicted molar refractivity (Wildman–Crippen MR) is 88.1 cm³/mol. The molecule has 0 aliphatic carbocycles. The number of fused-ring (bicyclic) bond motifs is 3. The molecule has 2 heterocycles. The highest BCUT2D eigenvalue weighted by atomic mass is 35.5. The van der Waals surface area contributed by atoms with Gasteiger partial charge in [0.15, 0.2) is 5.82 Å². The molecule has 22 heavy (non-hydrogen) atoms. The van der Waals surface area contributed by atoms with Crippen LogP contribution in [-0.2, 0) is 0 Å². The maximum atomic E-state index is 5.91. The lowest BCUT2D eigenvalue weighted by molar-refractivity contribution is 1.10. The summed E-state index contributed by atoms with van der Waals surface area (Å²) in [6.45, 7) is 0. The molecule has 4 aromatic rings. The van der Waals surface area contributed by atoms with Crippen molar-refractivity contribution in [3.63, 3.8) is 0 Å². The minimum Gasteiger partial charge on any atom is -0.233 e. The second-order valence-electron chi connectivity index (χ2n) is 4.75. The van der Waals surface area contributed by atoms with Gasteiger partial charge in [-0.3, -0.25) is 0 Å². The number of aromatic nitrogens is 4. The van der Waals surface area contributed by atoms with Crippen LogP contribution in [0.2, 0.25) is 10.3 Å². The van der Waals surface area contributed by atoms with Crippen molar-refractivity contribution in [3.05, 3.63) is 59.0 Å². The van der Waals surface area contributed by atoms with Gasteiger partial charge in [-0.15, -0.1) is 0 Å². The molecule has 4 rings (SSSR count). The molecule has 4 nitrogen and oxygen atoms in total. The van der Waals surface area contributed by atoms with Crippen molar-refractivity contribution in [3.8, 4) is 11.6 Å². The second-order valence-corrected chi connectivity index (χ2v) is 5.52. The van der Waals surface area contributed by atoms with E-state index in [9.17, 15) is 0 Å². The van der Waals surface area contributed by atoms with Crippen molar-refractivity contribution in [2.24, 2.45) is 0 Å². The summed E-state index contributed by atoms with van der Waals surface area (Å²) in [5.41, 5.74) is 0.823. The van der Waals surface area contributed by atoms with Crippen LogP contribution >= 0.6 is 23.2 Å². The van der Waals surface area contributed by atoms with Crippen molar-refractivity contribution in [1.29, 1.82) is 0 Å². The third kappa shape index (κ3) is 2.26. The van der Waals surface area contributed by atoms with Crippen LogP contribution in [0.25, 0.3) is 33.3 Å². The van der Waals surface area contributed by atoms with Crippen LogP contribution in [0.15, 0.2) is 48.7 Å². The fourth-order valence-electron chi connectivity index (χ4n) is 2.38. The topological polar surface area (TPSA) is 51.6 Å². The van der Waals surface area contributed by atoms with E-state index in [0.29, 0.717) is 11.6 Å². The average molecular weight is 327 g/mol. The molecule has 106 valence electrons. The van der Waals surface area contributed by atoms with E-state index in [2.05, 4.69) is 26.0 Å². The molecular weight excluding hydrogens is 319 g/mol. The maximum absolute atomic E-state index is 5.91. The van der Waals surface area contributed by atoms with E-state index in [0.717, 1.165) is 21.7 Å². The summed E-state index contributed by atoms with van der Waals surface area (Å²) in [7, 11) is 0. The van der Waals surface area contributed by atoms with Gasteiger partial charge in [0.2, 0.25) is 5.82 Å². The van der Waals surface area contributed by atoms with Crippen molar-refractivity contribution in [2.45, 2.75) is 0 Å². The maximum Gasteiger partial charge on any atom is 0.200 e. The SMILES string of the molecule is Clc1cc(Cl)nc(-c2ncc3c(ccc4ccccc43)n2)n1. The number of nitrogens with zero attached hydrogens (tertiary/aromatic N) is 4. The Balaban J connectivity index is 1.96. The molecule has 0 aliphatic rings. The molecule has 2 aromatic carbocycles. The number of hydrogen-bond donors (Lipinski definition) is 0. The Bertz CT molecular complexity index is 997. The molecule has 0 unspecified atom stereocenters. The lowest BCUT2D eigenvalue weighted by Crippen LogP contribution is -1.96. The summed E-state index contributed by atoms with van der Waals surface area (Å²) in [5.74, 6) is 0.708. The van der Waals surface area contributed by atoms with E-state index in [1.807, 2.05) is 30.3 Å². The van der Waals surface area contributed by atoms with Gasteiger partial charge in [-0.1, -0.05) is 53.5 Å². The van der Waals surface area contributed by atoms with Crippen molar-refractivity contribution >= 4 is 44.9 Å². The Labute approximate surface area is 135 Å². The summed E-state index contributed by atoms with van der Waals surface area (Å²) in [4.78, 5) is 17.1. The molecule has 0 fully saturated rings. The minimum atomic E-state index is 0.261. The monoisotopic (exact) mass is 326 g/mol. The first-order valence-electron chi connectivity index (χ1n) is 6.56. The van der Waals surface area contributed by atoms with Crippen molar-refractivity contribution in [1.82, 2.24) is 19.9 Å². The van der Waals surface area contributed by atoms with Crippen LogP contribution in [0.5, 0.6) is 0 Å². The summed E-state index contributed by atoms with van der Waals surface area (Å²) >= 11 is 11.8. The molecular formula is C16H8Cl2N4. The van der Waals surface area contributed by atoms with Crippen LogP contribution in [0.1, 0.15) is 0 Å². The molecule has 0 bridgehead atoms. The average Bonchev–Trinajstić information content (AvgIpc) is 2.53. The van der Waals surface area contributed by atoms with Gasteiger partial charge >= 0.3 is 0 Å². The van der Waals surface area contributed by atoms with Gasteiger partial charge in [0.1, 0.15) is 10.3 Å². The van der Waals surface area contributed by atoms with E-state index in [1.165, 1.54) is 6.07 Å². The molecule has 0 spiro atoms. The first kappa shape index (κ1) is 13.4. The van der Waals surface area contributed by atoms with Crippen LogP contribution < -0.4 is 0 Å². The third-order valence-electron chi connectivity index (χ3n) is 3.35. The zero-order valence-electron chi connectivity index (χ0n) is 11.2. The Kier molecular flexibility index (Phi) is 3.13. The third-order valence-corrected chi connectivity index (χ3v) is 3.74. The highest BCUT2D eigenvalue weighted by Gasteiger charge is 2.10. The van der Waals surface area contributed by atoms with Gasteiger partial charge in [-0.05, 0) is 16.8 Å². The fraction of sp³-hybridized carbons (Fsp3) is 0. The number of benzene rings is 2. The Morgan fingerprint density at radius 3 is 2.32 bits per heavy atom. The molecule has 0 saturated carbocycles. The zero-order valence-corrected chi connectivity index (χ0v) is 12.7. The fourth-order valence-corrected chi connectivity index (χ4v) is 2.81. The zero-order chi connectivity index (χ0) is 15.1. The standard InChI is InChI=1S/C16H8Cl2N4/c17-13-7-14(18)22-16(21-13)15-19-8-11-10-4-2-1-3-9(10)5-6-12(11)20-15/h1-8H. The van der Waals surface area contributed by atoms with E-state index in [-0.39, 0.29) is 10.3 Å². The Morgan fingerprint density at radius 2 is 1.50 bits per heavy atom. The minimum absolute atomic E-state index is 0.261. The van der Waals surface area contributed by atoms with Crippen LogP contribution in [-0.4, -0.2) is 19.9 Å². The number of rotatable bonds is 1. The molecule has 0 atom stereocenters. The summed E-state index contributed by atoms with van der Waals surface area (Å²) < 4.78 is 0. The second kappa shape index (κ2) is 5.16. The number of halogens is 2. The summed E-state index contributed by atoms with van der Waals surface area (Å²) in [5, 5.41) is 3.76. The summed E-state index contributed by atoms with van der Waals surface area (Å²) in [6, 6.07) is 13.6. The van der Waals surface area contributed by atoms with E-state index in [1.54, 1.807) is 6.20 Å². The van der Waals surface area contributed by atoms with Gasteiger partial charge < -0.3 is 0 Å². The quantitative estimate of drug-likeness (QED) is 0.380. The molecule has 0 radical (unpaired) electrons. The molecule has 2 aromatic heterocycles. The first-order valence-corrected chi connectivity index (χ1v) is 7.31. The van der Waals surface area contributed by atoms with Gasteiger partial charge in [0, 0.05) is 17.6 Å². The highest BCUT2D eigenvalue weighted by molar-refractivity contribution is 6.33. The summed E-state index contributed by atoms with van der Waals surface area (Å²) in [6.07, 6.45) is 1.78. The Hall–Kier alpha value is -2.30.